The molecule has 2 aromatic carbocycles. The van der Waals surface area contributed by atoms with Gasteiger partial charge in [-0.15, -0.1) is 0 Å². The Bertz CT molecular complexity index is 874. The molecule has 0 aliphatic heterocycles. The lowest BCUT2D eigenvalue weighted by Crippen LogP contribution is -2.12. The van der Waals surface area contributed by atoms with Crippen molar-refractivity contribution in [1.29, 1.82) is 0 Å². The first-order valence-electron chi connectivity index (χ1n) is 6.87. The molecule has 3 rings (SSSR count). The van der Waals surface area contributed by atoms with E-state index in [9.17, 15) is 4.79 Å². The van der Waals surface area contributed by atoms with E-state index in [1.54, 1.807) is 30.3 Å². The predicted molar refractivity (Wildman–Crippen MR) is 89.7 cm³/mol. The summed E-state index contributed by atoms with van der Waals surface area (Å²) in [6.07, 6.45) is 0. The van der Waals surface area contributed by atoms with Gasteiger partial charge in [0.2, 0.25) is 0 Å². The highest BCUT2D eigenvalue weighted by Crippen LogP contribution is 2.24. The van der Waals surface area contributed by atoms with Crippen LogP contribution in [-0.4, -0.2) is 10.9 Å². The van der Waals surface area contributed by atoms with Crippen LogP contribution < -0.4 is 16.8 Å². The van der Waals surface area contributed by atoms with Gasteiger partial charge in [-0.3, -0.25) is 9.78 Å². The average Bonchev–Trinajstić information content (AvgIpc) is 2.48. The van der Waals surface area contributed by atoms with E-state index < -0.39 is 0 Å². The fourth-order valence-electron chi connectivity index (χ4n) is 2.35. The van der Waals surface area contributed by atoms with Gasteiger partial charge in [0.15, 0.2) is 0 Å². The zero-order valence-electron chi connectivity index (χ0n) is 12.1. The van der Waals surface area contributed by atoms with E-state index in [1.165, 1.54) is 0 Å². The highest BCUT2D eigenvalue weighted by Gasteiger charge is 2.08. The minimum Gasteiger partial charge on any atom is -0.399 e. The van der Waals surface area contributed by atoms with Gasteiger partial charge in [-0.1, -0.05) is 6.07 Å². The number of benzene rings is 2. The molecule has 5 nitrogen and oxygen atoms in total. The summed E-state index contributed by atoms with van der Waals surface area (Å²) in [6.45, 7) is 1.89. The van der Waals surface area contributed by atoms with E-state index in [4.69, 9.17) is 11.5 Å². The first-order valence-corrected chi connectivity index (χ1v) is 6.87. The number of carbonyl (C=O) groups is 1. The predicted octanol–water partition coefficient (Wildman–Crippen LogP) is 2.96. The molecule has 0 saturated heterocycles. The van der Waals surface area contributed by atoms with Crippen LogP contribution in [0.5, 0.6) is 0 Å². The molecule has 0 aliphatic rings. The fraction of sp³-hybridized carbons (Fsp3) is 0.0588. The molecular formula is C17H16N4O. The van der Waals surface area contributed by atoms with Crippen molar-refractivity contribution in [3.8, 4) is 0 Å². The minimum atomic E-state index is -0.217. The van der Waals surface area contributed by atoms with Crippen LogP contribution in [-0.2, 0) is 0 Å². The second-order valence-corrected chi connectivity index (χ2v) is 5.16. The van der Waals surface area contributed by atoms with Gasteiger partial charge < -0.3 is 16.8 Å². The molecule has 110 valence electrons. The van der Waals surface area contributed by atoms with Gasteiger partial charge in [0.25, 0.3) is 5.91 Å². The maximum atomic E-state index is 12.2. The lowest BCUT2D eigenvalue weighted by molar-refractivity contribution is 0.102. The zero-order chi connectivity index (χ0) is 15.7. The Morgan fingerprint density at radius 1 is 1.09 bits per heavy atom. The largest absolute Gasteiger partial charge is 0.399 e. The lowest BCUT2D eigenvalue weighted by atomic mass is 10.1. The van der Waals surface area contributed by atoms with Gasteiger partial charge in [-0.2, -0.15) is 0 Å². The maximum absolute atomic E-state index is 12.2. The van der Waals surface area contributed by atoms with Crippen LogP contribution in [0.3, 0.4) is 0 Å². The number of aromatic nitrogens is 1. The molecule has 0 saturated carbocycles. The van der Waals surface area contributed by atoms with Crippen molar-refractivity contribution in [2.24, 2.45) is 0 Å². The molecule has 22 heavy (non-hydrogen) atoms. The molecular weight excluding hydrogens is 276 g/mol. The summed E-state index contributed by atoms with van der Waals surface area (Å²) in [7, 11) is 0. The second-order valence-electron chi connectivity index (χ2n) is 5.16. The molecule has 1 heterocycles. The lowest BCUT2D eigenvalue weighted by Gasteiger charge is -2.09. The van der Waals surface area contributed by atoms with Crippen molar-refractivity contribution in [1.82, 2.24) is 4.98 Å². The molecule has 0 spiro atoms. The number of hydrogen-bond donors (Lipinski definition) is 3. The minimum absolute atomic E-state index is 0.217. The molecule has 1 amide bonds. The third-order valence-corrected chi connectivity index (χ3v) is 3.38. The molecule has 0 fully saturated rings. The summed E-state index contributed by atoms with van der Waals surface area (Å²) in [5.74, 6) is -0.217. The smallest absolute Gasteiger partial charge is 0.255 e. The Hall–Kier alpha value is -3.08. The van der Waals surface area contributed by atoms with Crippen LogP contribution in [0.25, 0.3) is 10.9 Å². The molecule has 0 bridgehead atoms. The quantitative estimate of drug-likeness (QED) is 0.633. The number of nitrogen functional groups attached to an aromatic ring is 2. The van der Waals surface area contributed by atoms with E-state index >= 15 is 0 Å². The van der Waals surface area contributed by atoms with Crippen molar-refractivity contribution in [2.45, 2.75) is 6.92 Å². The molecule has 3 aromatic rings. The van der Waals surface area contributed by atoms with E-state index in [-0.39, 0.29) is 5.91 Å². The van der Waals surface area contributed by atoms with E-state index in [1.807, 2.05) is 25.1 Å². The van der Waals surface area contributed by atoms with Crippen molar-refractivity contribution in [3.05, 3.63) is 59.8 Å². The third kappa shape index (κ3) is 2.69. The fourth-order valence-corrected chi connectivity index (χ4v) is 2.35. The SMILES string of the molecule is Cc1cc(N)c2cc(NC(=O)c3cccc(N)c3)ccc2n1. The number of amides is 1. The summed E-state index contributed by atoms with van der Waals surface area (Å²) >= 11 is 0. The summed E-state index contributed by atoms with van der Waals surface area (Å²) in [5, 5.41) is 3.66. The molecule has 5 N–H and O–H groups in total. The average molecular weight is 292 g/mol. The molecule has 0 atom stereocenters. The highest BCUT2D eigenvalue weighted by atomic mass is 16.1. The number of pyridine rings is 1. The Kier molecular flexibility index (Phi) is 3.39. The number of nitrogens with zero attached hydrogens (tertiary/aromatic N) is 1. The van der Waals surface area contributed by atoms with Gasteiger partial charge in [0.05, 0.1) is 5.52 Å². The molecule has 0 radical (unpaired) electrons. The molecule has 0 unspecified atom stereocenters. The number of fused-ring (bicyclic) bond motifs is 1. The van der Waals surface area contributed by atoms with Crippen LogP contribution in [0.2, 0.25) is 0 Å². The van der Waals surface area contributed by atoms with E-state index in [2.05, 4.69) is 10.3 Å². The number of nitrogens with one attached hydrogen (secondary N) is 1. The third-order valence-electron chi connectivity index (χ3n) is 3.38. The summed E-state index contributed by atoms with van der Waals surface area (Å²) in [6, 6.07) is 14.1. The number of aryl methyl sites for hydroxylation is 1. The summed E-state index contributed by atoms with van der Waals surface area (Å²) in [5.41, 5.74) is 15.7. The number of nitrogens with two attached hydrogens (primary N) is 2. The standard InChI is InChI=1S/C17H16N4O/c1-10-7-15(19)14-9-13(5-6-16(14)20-10)21-17(22)11-3-2-4-12(18)8-11/h2-9H,18H2,1H3,(H2,19,20)(H,21,22). The van der Waals surface area contributed by atoms with Gasteiger partial charge in [-0.25, -0.2) is 0 Å². The van der Waals surface area contributed by atoms with Gasteiger partial charge in [-0.05, 0) is 49.4 Å². The second kappa shape index (κ2) is 5.37. The Labute approximate surface area is 128 Å². The maximum Gasteiger partial charge on any atom is 0.255 e. The van der Waals surface area contributed by atoms with Crippen LogP contribution in [0, 0.1) is 6.92 Å². The van der Waals surface area contributed by atoms with Crippen LogP contribution in [0.1, 0.15) is 16.1 Å². The van der Waals surface area contributed by atoms with Crippen molar-refractivity contribution in [2.75, 3.05) is 16.8 Å². The summed E-state index contributed by atoms with van der Waals surface area (Å²) < 4.78 is 0. The molecule has 0 aliphatic carbocycles. The van der Waals surface area contributed by atoms with E-state index in [0.717, 1.165) is 16.6 Å². The van der Waals surface area contributed by atoms with Crippen molar-refractivity contribution >= 4 is 33.9 Å². The number of rotatable bonds is 2. The Morgan fingerprint density at radius 3 is 2.68 bits per heavy atom. The highest BCUT2D eigenvalue weighted by molar-refractivity contribution is 6.06. The number of anilines is 3. The number of carbonyl (C=O) groups excluding carboxylic acids is 1. The van der Waals surface area contributed by atoms with Crippen LogP contribution in [0.4, 0.5) is 17.1 Å². The van der Waals surface area contributed by atoms with Gasteiger partial charge >= 0.3 is 0 Å². The monoisotopic (exact) mass is 292 g/mol. The number of hydrogen-bond acceptors (Lipinski definition) is 4. The molecule has 1 aromatic heterocycles. The molecule has 5 heteroatoms. The Morgan fingerprint density at radius 2 is 1.91 bits per heavy atom. The normalized spacial score (nSPS) is 10.6. The van der Waals surface area contributed by atoms with E-state index in [0.29, 0.717) is 22.6 Å². The van der Waals surface area contributed by atoms with Crippen molar-refractivity contribution < 1.29 is 4.79 Å². The zero-order valence-corrected chi connectivity index (χ0v) is 12.1. The first kappa shape index (κ1) is 13.9. The van der Waals surface area contributed by atoms with Crippen LogP contribution >= 0.6 is 0 Å². The van der Waals surface area contributed by atoms with Crippen molar-refractivity contribution in [3.63, 3.8) is 0 Å². The van der Waals surface area contributed by atoms with Crippen LogP contribution in [0.15, 0.2) is 48.5 Å². The first-order chi connectivity index (χ1) is 10.5. The summed E-state index contributed by atoms with van der Waals surface area (Å²) in [4.78, 5) is 16.6. The van der Waals surface area contributed by atoms with Gasteiger partial charge in [0, 0.05) is 33.7 Å². The Balaban J connectivity index is 1.92. The van der Waals surface area contributed by atoms with Gasteiger partial charge in [0.1, 0.15) is 0 Å². The topological polar surface area (TPSA) is 94.0 Å².